The summed E-state index contributed by atoms with van der Waals surface area (Å²) in [5.74, 6) is -0.209. The summed E-state index contributed by atoms with van der Waals surface area (Å²) in [6.45, 7) is 6.03. The van der Waals surface area contributed by atoms with Crippen LogP contribution in [0.2, 0.25) is 0 Å². The molecular weight excluding hydrogens is 344 g/mol. The fourth-order valence-corrected chi connectivity index (χ4v) is 4.44. The second-order valence-electron chi connectivity index (χ2n) is 6.52. The largest absolute Gasteiger partial charge is 0.496 e. The molecule has 138 valence electrons. The Labute approximate surface area is 148 Å². The van der Waals surface area contributed by atoms with Crippen LogP contribution in [0, 0.1) is 12.8 Å². The summed E-state index contributed by atoms with van der Waals surface area (Å²) in [4.78, 5) is 24.5. The van der Waals surface area contributed by atoms with Gasteiger partial charge in [-0.15, -0.1) is 0 Å². The minimum absolute atomic E-state index is 0.0253. The van der Waals surface area contributed by atoms with Crippen LogP contribution < -0.4 is 10.1 Å². The normalized spacial score (nSPS) is 17.9. The molecule has 0 spiro atoms. The number of ether oxygens (including phenoxy) is 1. The number of benzene rings is 1. The third-order valence-corrected chi connectivity index (χ3v) is 5.90. The molecule has 0 aliphatic carbocycles. The van der Waals surface area contributed by atoms with Gasteiger partial charge in [0.2, 0.25) is 11.8 Å². The molecule has 0 unspecified atom stereocenters. The predicted octanol–water partition coefficient (Wildman–Crippen LogP) is 1.46. The molecule has 1 fully saturated rings. The van der Waals surface area contributed by atoms with Gasteiger partial charge in [0.15, 0.2) is 0 Å². The SMILES string of the molecule is COc1ccc(S(=O)(=O)N2C(=O)CC[C@H]2C(=O)NCC(C)C)cc1C. The smallest absolute Gasteiger partial charge is 0.267 e. The molecule has 8 heteroatoms. The molecule has 2 amide bonds. The average Bonchev–Trinajstić information content (AvgIpc) is 2.94. The number of nitrogens with zero attached hydrogens (tertiary/aromatic N) is 1. The van der Waals surface area contributed by atoms with Crippen molar-refractivity contribution < 1.29 is 22.7 Å². The Morgan fingerprint density at radius 3 is 2.64 bits per heavy atom. The fraction of sp³-hybridized carbons (Fsp3) is 0.529. The fourth-order valence-electron chi connectivity index (χ4n) is 2.75. The van der Waals surface area contributed by atoms with Crippen LogP contribution in [0.3, 0.4) is 0 Å². The number of rotatable bonds is 6. The number of amides is 2. The Morgan fingerprint density at radius 2 is 2.08 bits per heavy atom. The molecule has 1 atom stereocenters. The Bertz CT molecular complexity index is 773. The van der Waals surface area contributed by atoms with Gasteiger partial charge in [0, 0.05) is 13.0 Å². The van der Waals surface area contributed by atoms with Gasteiger partial charge >= 0.3 is 0 Å². The van der Waals surface area contributed by atoms with E-state index in [-0.39, 0.29) is 23.7 Å². The quantitative estimate of drug-likeness (QED) is 0.820. The first-order valence-electron chi connectivity index (χ1n) is 8.18. The van der Waals surface area contributed by atoms with Gasteiger partial charge in [-0.3, -0.25) is 9.59 Å². The van der Waals surface area contributed by atoms with E-state index >= 15 is 0 Å². The van der Waals surface area contributed by atoms with Gasteiger partial charge in [-0.2, -0.15) is 0 Å². The van der Waals surface area contributed by atoms with E-state index in [1.54, 1.807) is 6.92 Å². The molecule has 25 heavy (non-hydrogen) atoms. The lowest BCUT2D eigenvalue weighted by molar-refractivity contribution is -0.130. The topological polar surface area (TPSA) is 92.8 Å². The molecular formula is C17H24N2O5S. The molecule has 1 heterocycles. The lowest BCUT2D eigenvalue weighted by Gasteiger charge is -2.24. The van der Waals surface area contributed by atoms with E-state index in [1.807, 2.05) is 13.8 Å². The van der Waals surface area contributed by atoms with Crippen LogP contribution in [0.5, 0.6) is 5.75 Å². The summed E-state index contributed by atoms with van der Waals surface area (Å²) < 4.78 is 31.7. The second-order valence-corrected chi connectivity index (χ2v) is 8.33. The highest BCUT2D eigenvalue weighted by atomic mass is 32.2. The van der Waals surface area contributed by atoms with E-state index in [0.717, 1.165) is 4.31 Å². The summed E-state index contributed by atoms with van der Waals surface area (Å²) in [6, 6.07) is 3.37. The van der Waals surface area contributed by atoms with Crippen molar-refractivity contribution in [3.8, 4) is 5.75 Å². The Hall–Kier alpha value is -2.09. The molecule has 1 aromatic rings. The van der Waals surface area contributed by atoms with Gasteiger partial charge < -0.3 is 10.1 Å². The molecule has 2 rings (SSSR count). The van der Waals surface area contributed by atoms with Gasteiger partial charge in [0.1, 0.15) is 11.8 Å². The number of hydrogen-bond acceptors (Lipinski definition) is 5. The van der Waals surface area contributed by atoms with Crippen LogP contribution in [0.15, 0.2) is 23.1 Å². The number of carbonyl (C=O) groups is 2. The number of sulfonamides is 1. The van der Waals surface area contributed by atoms with Crippen LogP contribution in [-0.2, 0) is 19.6 Å². The van der Waals surface area contributed by atoms with Crippen molar-refractivity contribution in [2.45, 2.75) is 44.6 Å². The van der Waals surface area contributed by atoms with Crippen molar-refractivity contribution in [3.63, 3.8) is 0 Å². The predicted molar refractivity (Wildman–Crippen MR) is 92.6 cm³/mol. The Balaban J connectivity index is 2.33. The van der Waals surface area contributed by atoms with Crippen LogP contribution >= 0.6 is 0 Å². The van der Waals surface area contributed by atoms with Crippen molar-refractivity contribution in [1.82, 2.24) is 9.62 Å². The zero-order chi connectivity index (χ0) is 18.8. The maximum Gasteiger partial charge on any atom is 0.267 e. The first-order valence-corrected chi connectivity index (χ1v) is 9.62. The maximum atomic E-state index is 12.9. The standard InChI is InChI=1S/C17H24N2O5S/c1-11(2)10-18-17(21)14-6-8-16(20)19(14)25(22,23)13-5-7-15(24-4)12(3)9-13/h5,7,9,11,14H,6,8,10H2,1-4H3,(H,18,21)/t14-/m0/s1. The van der Waals surface area contributed by atoms with Crippen molar-refractivity contribution in [3.05, 3.63) is 23.8 Å². The molecule has 1 aliphatic heterocycles. The van der Waals surface area contributed by atoms with Crippen molar-refractivity contribution in [2.75, 3.05) is 13.7 Å². The number of nitrogens with one attached hydrogen (secondary N) is 1. The van der Waals surface area contributed by atoms with E-state index in [1.165, 1.54) is 25.3 Å². The van der Waals surface area contributed by atoms with Crippen LogP contribution in [0.4, 0.5) is 0 Å². The third kappa shape index (κ3) is 3.95. The molecule has 0 aromatic heterocycles. The minimum atomic E-state index is -4.10. The molecule has 0 saturated carbocycles. The van der Waals surface area contributed by atoms with Gasteiger partial charge in [0.25, 0.3) is 10.0 Å². The summed E-state index contributed by atoms with van der Waals surface area (Å²) in [6.07, 6.45) is 0.227. The van der Waals surface area contributed by atoms with Gasteiger partial charge in [-0.1, -0.05) is 13.8 Å². The lowest BCUT2D eigenvalue weighted by Crippen LogP contribution is -2.48. The number of carbonyl (C=O) groups excluding carboxylic acids is 2. The molecule has 0 radical (unpaired) electrons. The lowest BCUT2D eigenvalue weighted by atomic mass is 10.2. The maximum absolute atomic E-state index is 12.9. The highest BCUT2D eigenvalue weighted by Crippen LogP contribution is 2.29. The first kappa shape index (κ1) is 19.2. The minimum Gasteiger partial charge on any atom is -0.496 e. The van der Waals surface area contributed by atoms with E-state index in [4.69, 9.17) is 4.74 Å². The molecule has 0 bridgehead atoms. The highest BCUT2D eigenvalue weighted by Gasteiger charge is 2.44. The van der Waals surface area contributed by atoms with Crippen molar-refractivity contribution in [1.29, 1.82) is 0 Å². The molecule has 1 N–H and O–H groups in total. The average molecular weight is 368 g/mol. The first-order chi connectivity index (χ1) is 11.7. The summed E-state index contributed by atoms with van der Waals surface area (Å²) >= 11 is 0. The molecule has 1 aromatic carbocycles. The molecule has 1 saturated heterocycles. The number of aryl methyl sites for hydroxylation is 1. The van der Waals surface area contributed by atoms with Crippen molar-refractivity contribution in [2.24, 2.45) is 5.92 Å². The van der Waals surface area contributed by atoms with Crippen molar-refractivity contribution >= 4 is 21.8 Å². The monoisotopic (exact) mass is 368 g/mol. The van der Waals surface area contributed by atoms with Crippen LogP contribution in [0.25, 0.3) is 0 Å². The number of hydrogen-bond donors (Lipinski definition) is 1. The van der Waals surface area contributed by atoms with E-state index in [2.05, 4.69) is 5.32 Å². The number of methoxy groups -OCH3 is 1. The summed E-state index contributed by atoms with van der Waals surface area (Å²) in [5.41, 5.74) is 0.635. The zero-order valence-electron chi connectivity index (χ0n) is 14.9. The molecule has 1 aliphatic rings. The van der Waals surface area contributed by atoms with Gasteiger partial charge in [-0.25, -0.2) is 12.7 Å². The molecule has 7 nitrogen and oxygen atoms in total. The van der Waals surface area contributed by atoms with Gasteiger partial charge in [0.05, 0.1) is 12.0 Å². The third-order valence-electron chi connectivity index (χ3n) is 4.07. The van der Waals surface area contributed by atoms with E-state index < -0.39 is 27.9 Å². The van der Waals surface area contributed by atoms with E-state index in [0.29, 0.717) is 17.9 Å². The Kier molecular flexibility index (Phi) is 5.72. The van der Waals surface area contributed by atoms with Crippen LogP contribution in [-0.4, -0.2) is 44.2 Å². The zero-order valence-corrected chi connectivity index (χ0v) is 15.7. The van der Waals surface area contributed by atoms with E-state index in [9.17, 15) is 18.0 Å². The highest BCUT2D eigenvalue weighted by molar-refractivity contribution is 7.89. The Morgan fingerprint density at radius 1 is 1.40 bits per heavy atom. The summed E-state index contributed by atoms with van der Waals surface area (Å²) in [5, 5.41) is 2.71. The summed E-state index contributed by atoms with van der Waals surface area (Å²) in [7, 11) is -2.61. The van der Waals surface area contributed by atoms with Gasteiger partial charge in [-0.05, 0) is 43.0 Å². The second kappa shape index (κ2) is 7.43. The van der Waals surface area contributed by atoms with Crippen LogP contribution in [0.1, 0.15) is 32.3 Å².